The zero-order valence-electron chi connectivity index (χ0n) is 11.6. The largest absolute Gasteiger partial charge is 0.453 e. The number of likely N-dealkylation sites (N-methyl/N-ethyl adjacent to an activating group) is 1. The predicted molar refractivity (Wildman–Crippen MR) is 79.1 cm³/mol. The van der Waals surface area contributed by atoms with Crippen molar-refractivity contribution in [1.82, 2.24) is 15.1 Å². The molecular formula is C14H20BrN3O. The molecule has 1 N–H and O–H groups in total. The summed E-state index contributed by atoms with van der Waals surface area (Å²) in [6, 6.07) is 6.29. The Kier molecular flexibility index (Phi) is 4.82. The van der Waals surface area contributed by atoms with Crippen LogP contribution in [0.3, 0.4) is 0 Å². The van der Waals surface area contributed by atoms with E-state index >= 15 is 0 Å². The molecule has 1 unspecified atom stereocenters. The summed E-state index contributed by atoms with van der Waals surface area (Å²) in [5, 5.41) is 7.95. The van der Waals surface area contributed by atoms with Crippen LogP contribution in [-0.2, 0) is 19.9 Å². The second-order valence-electron chi connectivity index (χ2n) is 4.56. The lowest BCUT2D eigenvalue weighted by molar-refractivity contribution is 0.400. The van der Waals surface area contributed by atoms with Crippen LogP contribution in [0.5, 0.6) is 0 Å². The molecule has 0 radical (unpaired) electrons. The fraction of sp³-hybridized carbons (Fsp3) is 0.500. The summed E-state index contributed by atoms with van der Waals surface area (Å²) in [6.45, 7) is 5.13. The third-order valence-electron chi connectivity index (χ3n) is 3.19. The maximum Gasteiger partial charge on any atom is 0.169 e. The van der Waals surface area contributed by atoms with Gasteiger partial charge in [0.15, 0.2) is 4.67 Å². The standard InChI is InChI=1S/C14H20BrN3O/c1-4-10-8-11(18(3)17-10)9-12(16-5-2)13-6-7-14(15)19-13/h6-8,12,16H,4-5,9H2,1-3H3. The number of aromatic nitrogens is 2. The summed E-state index contributed by atoms with van der Waals surface area (Å²) in [4.78, 5) is 0. The van der Waals surface area contributed by atoms with Crippen LogP contribution in [0.25, 0.3) is 0 Å². The molecule has 2 aromatic rings. The molecule has 0 aliphatic heterocycles. The van der Waals surface area contributed by atoms with Crippen LogP contribution in [0.15, 0.2) is 27.3 Å². The van der Waals surface area contributed by atoms with Crippen LogP contribution in [0.1, 0.15) is 37.0 Å². The second-order valence-corrected chi connectivity index (χ2v) is 5.34. The summed E-state index contributed by atoms with van der Waals surface area (Å²) in [5.74, 6) is 0.952. The molecule has 0 fully saturated rings. The molecule has 0 aromatic carbocycles. The number of nitrogens with zero attached hydrogens (tertiary/aromatic N) is 2. The first-order valence-corrected chi connectivity index (χ1v) is 7.43. The van der Waals surface area contributed by atoms with Crippen LogP contribution < -0.4 is 5.32 Å². The van der Waals surface area contributed by atoms with Crippen molar-refractivity contribution in [2.45, 2.75) is 32.7 Å². The molecule has 2 heterocycles. The quantitative estimate of drug-likeness (QED) is 0.886. The highest BCUT2D eigenvalue weighted by molar-refractivity contribution is 9.10. The first kappa shape index (κ1) is 14.3. The molecule has 0 aliphatic carbocycles. The Morgan fingerprint density at radius 3 is 2.74 bits per heavy atom. The minimum Gasteiger partial charge on any atom is -0.453 e. The molecule has 104 valence electrons. The summed E-state index contributed by atoms with van der Waals surface area (Å²) < 4.78 is 8.40. The van der Waals surface area contributed by atoms with Gasteiger partial charge in [-0.15, -0.1) is 0 Å². The highest BCUT2D eigenvalue weighted by Crippen LogP contribution is 2.23. The monoisotopic (exact) mass is 325 g/mol. The SMILES string of the molecule is CCNC(Cc1cc(CC)nn1C)c1ccc(Br)o1. The molecule has 4 nitrogen and oxygen atoms in total. The molecule has 0 saturated carbocycles. The van der Waals surface area contributed by atoms with Gasteiger partial charge in [-0.1, -0.05) is 13.8 Å². The van der Waals surface area contributed by atoms with E-state index in [0.717, 1.165) is 35.5 Å². The average Bonchev–Trinajstić information content (AvgIpc) is 2.96. The normalized spacial score (nSPS) is 12.8. The zero-order chi connectivity index (χ0) is 13.8. The van der Waals surface area contributed by atoms with Gasteiger partial charge >= 0.3 is 0 Å². The molecule has 0 amide bonds. The van der Waals surface area contributed by atoms with Crippen molar-refractivity contribution in [2.75, 3.05) is 6.54 Å². The highest BCUT2D eigenvalue weighted by atomic mass is 79.9. The van der Waals surface area contributed by atoms with E-state index in [2.05, 4.69) is 46.3 Å². The molecule has 1 atom stereocenters. The summed E-state index contributed by atoms with van der Waals surface area (Å²) in [7, 11) is 2.00. The molecule has 19 heavy (non-hydrogen) atoms. The minimum absolute atomic E-state index is 0.177. The van der Waals surface area contributed by atoms with Gasteiger partial charge in [-0.05, 0) is 47.1 Å². The molecule has 2 aromatic heterocycles. The Morgan fingerprint density at radius 2 is 2.21 bits per heavy atom. The van der Waals surface area contributed by atoms with Gasteiger partial charge < -0.3 is 9.73 Å². The first-order chi connectivity index (χ1) is 9.13. The van der Waals surface area contributed by atoms with Gasteiger partial charge in [0.2, 0.25) is 0 Å². The van der Waals surface area contributed by atoms with Crippen molar-refractivity contribution < 1.29 is 4.42 Å². The molecule has 0 aliphatic rings. The third kappa shape index (κ3) is 3.48. The van der Waals surface area contributed by atoms with E-state index in [1.807, 2.05) is 23.9 Å². The summed E-state index contributed by atoms with van der Waals surface area (Å²) >= 11 is 3.35. The number of hydrogen-bond donors (Lipinski definition) is 1. The number of hydrogen-bond acceptors (Lipinski definition) is 3. The van der Waals surface area contributed by atoms with Gasteiger partial charge in [-0.3, -0.25) is 4.68 Å². The zero-order valence-corrected chi connectivity index (χ0v) is 13.2. The molecular weight excluding hydrogens is 306 g/mol. The number of furan rings is 1. The van der Waals surface area contributed by atoms with Crippen LogP contribution in [-0.4, -0.2) is 16.3 Å². The lowest BCUT2D eigenvalue weighted by Crippen LogP contribution is -2.23. The Labute approximate surface area is 122 Å². The van der Waals surface area contributed by atoms with E-state index in [4.69, 9.17) is 4.42 Å². The van der Waals surface area contributed by atoms with Crippen molar-refractivity contribution in [2.24, 2.45) is 7.05 Å². The van der Waals surface area contributed by atoms with Crippen LogP contribution >= 0.6 is 15.9 Å². The van der Waals surface area contributed by atoms with Crippen molar-refractivity contribution in [3.8, 4) is 0 Å². The van der Waals surface area contributed by atoms with Crippen LogP contribution in [0.2, 0.25) is 0 Å². The maximum atomic E-state index is 5.67. The first-order valence-electron chi connectivity index (χ1n) is 6.64. The molecule has 0 bridgehead atoms. The number of aryl methyl sites for hydroxylation is 2. The fourth-order valence-corrected chi connectivity index (χ4v) is 2.50. The fourth-order valence-electron chi connectivity index (χ4n) is 2.18. The summed E-state index contributed by atoms with van der Waals surface area (Å²) in [5.41, 5.74) is 2.35. The molecule has 0 spiro atoms. The Balaban J connectivity index is 2.18. The van der Waals surface area contributed by atoms with Gasteiger partial charge in [0.05, 0.1) is 11.7 Å². The van der Waals surface area contributed by atoms with Gasteiger partial charge in [-0.2, -0.15) is 5.10 Å². The average molecular weight is 326 g/mol. The van der Waals surface area contributed by atoms with Gasteiger partial charge in [-0.25, -0.2) is 0 Å². The predicted octanol–water partition coefficient (Wildman–Crippen LogP) is 3.23. The van der Waals surface area contributed by atoms with E-state index < -0.39 is 0 Å². The molecule has 5 heteroatoms. The van der Waals surface area contributed by atoms with Crippen LogP contribution in [0.4, 0.5) is 0 Å². The highest BCUT2D eigenvalue weighted by Gasteiger charge is 2.17. The minimum atomic E-state index is 0.177. The lowest BCUT2D eigenvalue weighted by Gasteiger charge is -2.15. The second kappa shape index (κ2) is 6.39. The molecule has 0 saturated heterocycles. The van der Waals surface area contributed by atoms with Crippen molar-refractivity contribution >= 4 is 15.9 Å². The third-order valence-corrected chi connectivity index (χ3v) is 3.62. The molecule has 2 rings (SSSR count). The van der Waals surface area contributed by atoms with E-state index in [1.54, 1.807) is 0 Å². The van der Waals surface area contributed by atoms with E-state index in [9.17, 15) is 0 Å². The summed E-state index contributed by atoms with van der Waals surface area (Å²) in [6.07, 6.45) is 1.84. The lowest BCUT2D eigenvalue weighted by atomic mass is 10.1. The number of rotatable bonds is 6. The van der Waals surface area contributed by atoms with Crippen molar-refractivity contribution in [3.63, 3.8) is 0 Å². The Morgan fingerprint density at radius 1 is 1.42 bits per heavy atom. The van der Waals surface area contributed by atoms with E-state index in [-0.39, 0.29) is 6.04 Å². The van der Waals surface area contributed by atoms with Crippen molar-refractivity contribution in [3.05, 3.63) is 40.0 Å². The topological polar surface area (TPSA) is 43.0 Å². The van der Waals surface area contributed by atoms with E-state index in [1.165, 1.54) is 5.69 Å². The van der Waals surface area contributed by atoms with Crippen LogP contribution in [0, 0.1) is 0 Å². The maximum absolute atomic E-state index is 5.67. The van der Waals surface area contributed by atoms with Crippen molar-refractivity contribution in [1.29, 1.82) is 0 Å². The number of nitrogens with one attached hydrogen (secondary N) is 1. The van der Waals surface area contributed by atoms with Gasteiger partial charge in [0, 0.05) is 19.2 Å². The Bertz CT molecular complexity index is 533. The smallest absolute Gasteiger partial charge is 0.169 e. The van der Waals surface area contributed by atoms with Gasteiger partial charge in [0.1, 0.15) is 5.76 Å². The van der Waals surface area contributed by atoms with Gasteiger partial charge in [0.25, 0.3) is 0 Å². The Hall–Kier alpha value is -1.07. The number of halogens is 1. The van der Waals surface area contributed by atoms with E-state index in [0.29, 0.717) is 0 Å².